The van der Waals surface area contributed by atoms with Crippen LogP contribution in [-0.2, 0) is 11.8 Å². The number of hydrogen-bond acceptors (Lipinski definition) is 1. The Bertz CT molecular complexity index is 457. The van der Waals surface area contributed by atoms with Crippen molar-refractivity contribution in [2.24, 2.45) is 0 Å². The van der Waals surface area contributed by atoms with Gasteiger partial charge in [-0.15, -0.1) is 11.3 Å². The molecule has 1 heterocycles. The molecule has 0 radical (unpaired) electrons. The standard InChI is InChI=1S/C12H13BrS/c1-3-9-4-5-12-11(8(9)2)6-10(7-13)14-12/h4-6H,3,7H2,1-2H3. The van der Waals surface area contributed by atoms with Gasteiger partial charge in [-0.3, -0.25) is 0 Å². The van der Waals surface area contributed by atoms with Crippen molar-refractivity contribution in [1.82, 2.24) is 0 Å². The molecule has 2 rings (SSSR count). The third-order valence-electron chi connectivity index (χ3n) is 2.65. The van der Waals surface area contributed by atoms with Crippen molar-refractivity contribution >= 4 is 37.4 Å². The fraction of sp³-hybridized carbons (Fsp3) is 0.333. The van der Waals surface area contributed by atoms with Crippen LogP contribution in [0.25, 0.3) is 10.1 Å². The molecule has 0 amide bonds. The maximum Gasteiger partial charge on any atom is 0.0377 e. The van der Waals surface area contributed by atoms with Crippen molar-refractivity contribution in [2.75, 3.05) is 0 Å². The first-order valence-electron chi connectivity index (χ1n) is 4.83. The summed E-state index contributed by atoms with van der Waals surface area (Å²) >= 11 is 5.39. The SMILES string of the molecule is CCc1ccc2sc(CBr)cc2c1C. The molecular formula is C12H13BrS. The highest BCUT2D eigenvalue weighted by atomic mass is 79.9. The summed E-state index contributed by atoms with van der Waals surface area (Å²) in [6, 6.07) is 6.81. The molecule has 2 aromatic rings. The third-order valence-corrected chi connectivity index (χ3v) is 4.72. The van der Waals surface area contributed by atoms with Gasteiger partial charge in [-0.25, -0.2) is 0 Å². The van der Waals surface area contributed by atoms with Gasteiger partial charge in [0.2, 0.25) is 0 Å². The molecule has 0 unspecified atom stereocenters. The highest BCUT2D eigenvalue weighted by Gasteiger charge is 2.05. The molecule has 1 aromatic heterocycles. The van der Waals surface area contributed by atoms with Gasteiger partial charge in [-0.1, -0.05) is 28.9 Å². The third kappa shape index (κ3) is 1.61. The molecule has 0 nitrogen and oxygen atoms in total. The molecule has 2 heteroatoms. The van der Waals surface area contributed by atoms with Gasteiger partial charge in [0, 0.05) is 14.9 Å². The number of benzene rings is 1. The Morgan fingerprint density at radius 1 is 1.36 bits per heavy atom. The van der Waals surface area contributed by atoms with Gasteiger partial charge >= 0.3 is 0 Å². The van der Waals surface area contributed by atoms with Crippen molar-refractivity contribution in [3.63, 3.8) is 0 Å². The normalized spacial score (nSPS) is 11.1. The predicted molar refractivity (Wildman–Crippen MR) is 68.6 cm³/mol. The lowest BCUT2D eigenvalue weighted by Crippen LogP contribution is -1.85. The predicted octanol–water partition coefficient (Wildman–Crippen LogP) is 4.67. The molecule has 0 saturated carbocycles. The molecule has 0 saturated heterocycles. The van der Waals surface area contributed by atoms with Crippen molar-refractivity contribution in [3.05, 3.63) is 34.2 Å². The van der Waals surface area contributed by atoms with E-state index in [0.717, 1.165) is 11.8 Å². The second-order valence-corrected chi connectivity index (χ2v) is 5.19. The fourth-order valence-corrected chi connectivity index (χ4v) is 3.27. The monoisotopic (exact) mass is 268 g/mol. The molecule has 0 bridgehead atoms. The van der Waals surface area contributed by atoms with E-state index in [-0.39, 0.29) is 0 Å². The largest absolute Gasteiger partial charge is 0.139 e. The summed E-state index contributed by atoms with van der Waals surface area (Å²) in [5.74, 6) is 0. The number of rotatable bonds is 2. The second kappa shape index (κ2) is 4.03. The summed E-state index contributed by atoms with van der Waals surface area (Å²) < 4.78 is 1.41. The van der Waals surface area contributed by atoms with Crippen LogP contribution >= 0.6 is 27.3 Å². The molecule has 74 valence electrons. The van der Waals surface area contributed by atoms with Crippen LogP contribution in [0.3, 0.4) is 0 Å². The Labute approximate surface area is 97.1 Å². The summed E-state index contributed by atoms with van der Waals surface area (Å²) in [7, 11) is 0. The van der Waals surface area contributed by atoms with Crippen LogP contribution in [0.5, 0.6) is 0 Å². The van der Waals surface area contributed by atoms with Crippen molar-refractivity contribution in [2.45, 2.75) is 25.6 Å². The molecular weight excluding hydrogens is 256 g/mol. The van der Waals surface area contributed by atoms with Gasteiger partial charge < -0.3 is 0 Å². The first-order valence-corrected chi connectivity index (χ1v) is 6.77. The van der Waals surface area contributed by atoms with E-state index in [9.17, 15) is 0 Å². The number of aryl methyl sites for hydroxylation is 2. The van der Waals surface area contributed by atoms with Crippen LogP contribution in [0, 0.1) is 6.92 Å². The van der Waals surface area contributed by atoms with Crippen LogP contribution in [-0.4, -0.2) is 0 Å². The lowest BCUT2D eigenvalue weighted by molar-refractivity contribution is 1.12. The maximum absolute atomic E-state index is 3.51. The smallest absolute Gasteiger partial charge is 0.0377 e. The number of alkyl halides is 1. The second-order valence-electron chi connectivity index (χ2n) is 3.46. The average Bonchev–Trinajstić information content (AvgIpc) is 2.62. The molecule has 0 atom stereocenters. The fourth-order valence-electron chi connectivity index (χ4n) is 1.80. The first-order chi connectivity index (χ1) is 6.76. The number of hydrogen-bond donors (Lipinski definition) is 0. The highest BCUT2D eigenvalue weighted by molar-refractivity contribution is 9.08. The van der Waals surface area contributed by atoms with Crippen LogP contribution in [0.2, 0.25) is 0 Å². The number of halogens is 1. The van der Waals surface area contributed by atoms with Crippen molar-refractivity contribution in [1.29, 1.82) is 0 Å². The van der Waals surface area contributed by atoms with Crippen LogP contribution < -0.4 is 0 Å². The molecule has 0 aliphatic heterocycles. The zero-order valence-corrected chi connectivity index (χ0v) is 10.8. The van der Waals surface area contributed by atoms with E-state index >= 15 is 0 Å². The highest BCUT2D eigenvalue weighted by Crippen LogP contribution is 2.31. The number of thiophene rings is 1. The minimum Gasteiger partial charge on any atom is -0.139 e. The van der Waals surface area contributed by atoms with Crippen LogP contribution in [0.1, 0.15) is 22.9 Å². The van der Waals surface area contributed by atoms with Gasteiger partial charge in [-0.05, 0) is 42.0 Å². The zero-order valence-electron chi connectivity index (χ0n) is 8.43. The van der Waals surface area contributed by atoms with Gasteiger partial charge in [-0.2, -0.15) is 0 Å². The lowest BCUT2D eigenvalue weighted by atomic mass is 10.0. The van der Waals surface area contributed by atoms with E-state index in [1.54, 1.807) is 0 Å². The Morgan fingerprint density at radius 2 is 2.14 bits per heavy atom. The van der Waals surface area contributed by atoms with E-state index in [0.29, 0.717) is 0 Å². The van der Waals surface area contributed by atoms with E-state index < -0.39 is 0 Å². The Hall–Kier alpha value is -0.340. The maximum atomic E-state index is 3.51. The van der Waals surface area contributed by atoms with Crippen LogP contribution in [0.4, 0.5) is 0 Å². The topological polar surface area (TPSA) is 0 Å². The molecule has 0 aliphatic carbocycles. The molecule has 0 N–H and O–H groups in total. The van der Waals surface area contributed by atoms with E-state index in [1.807, 2.05) is 11.3 Å². The van der Waals surface area contributed by atoms with E-state index in [4.69, 9.17) is 0 Å². The summed E-state index contributed by atoms with van der Waals surface area (Å²) in [5.41, 5.74) is 2.92. The summed E-state index contributed by atoms with van der Waals surface area (Å²) in [4.78, 5) is 1.41. The quantitative estimate of drug-likeness (QED) is 0.695. The van der Waals surface area contributed by atoms with E-state index in [2.05, 4.69) is 48.0 Å². The minimum atomic E-state index is 0.966. The van der Waals surface area contributed by atoms with Gasteiger partial charge in [0.25, 0.3) is 0 Å². The van der Waals surface area contributed by atoms with Crippen molar-refractivity contribution < 1.29 is 0 Å². The summed E-state index contributed by atoms with van der Waals surface area (Å²) in [6.07, 6.45) is 1.13. The molecule has 0 fully saturated rings. The number of fused-ring (bicyclic) bond motifs is 1. The Balaban J connectivity index is 2.68. The Kier molecular flexibility index (Phi) is 2.93. The lowest BCUT2D eigenvalue weighted by Gasteiger charge is -2.02. The Morgan fingerprint density at radius 3 is 2.79 bits per heavy atom. The summed E-state index contributed by atoms with van der Waals surface area (Å²) in [6.45, 7) is 4.44. The van der Waals surface area contributed by atoms with Gasteiger partial charge in [0.1, 0.15) is 0 Å². The molecule has 0 aliphatic rings. The van der Waals surface area contributed by atoms with E-state index in [1.165, 1.54) is 26.1 Å². The molecule has 0 spiro atoms. The molecule has 14 heavy (non-hydrogen) atoms. The average molecular weight is 269 g/mol. The van der Waals surface area contributed by atoms with Crippen LogP contribution in [0.15, 0.2) is 18.2 Å². The van der Waals surface area contributed by atoms with Gasteiger partial charge in [0.15, 0.2) is 0 Å². The zero-order chi connectivity index (χ0) is 10.1. The summed E-state index contributed by atoms with van der Waals surface area (Å²) in [5, 5.41) is 2.40. The van der Waals surface area contributed by atoms with Crippen molar-refractivity contribution in [3.8, 4) is 0 Å². The first kappa shape index (κ1) is 10.2. The van der Waals surface area contributed by atoms with Gasteiger partial charge in [0.05, 0.1) is 0 Å². The minimum absolute atomic E-state index is 0.966. The molecule has 1 aromatic carbocycles.